The fourth-order valence-electron chi connectivity index (χ4n) is 4.30. The van der Waals surface area contributed by atoms with Gasteiger partial charge in [0.15, 0.2) is 0 Å². The number of carbonyl (C=O) groups excluding carboxylic acids is 1. The number of hydrogen-bond acceptors (Lipinski definition) is 5. The zero-order valence-corrected chi connectivity index (χ0v) is 16.9. The van der Waals surface area contributed by atoms with Gasteiger partial charge in [0.05, 0.1) is 18.9 Å². The van der Waals surface area contributed by atoms with Crippen molar-refractivity contribution in [2.45, 2.75) is 26.7 Å². The minimum atomic E-state index is 0.0325. The molecule has 7 heteroatoms. The Morgan fingerprint density at radius 1 is 1.30 bits per heavy atom. The highest BCUT2D eigenvalue weighted by atomic mass is 16.5. The molecule has 0 unspecified atom stereocenters. The maximum atomic E-state index is 13.2. The van der Waals surface area contributed by atoms with Crippen LogP contribution in [0.1, 0.15) is 36.5 Å². The number of aryl methyl sites for hydroxylation is 1. The van der Waals surface area contributed by atoms with Crippen molar-refractivity contribution in [3.05, 3.63) is 17.5 Å². The van der Waals surface area contributed by atoms with Crippen molar-refractivity contribution < 1.29 is 14.6 Å². The van der Waals surface area contributed by atoms with E-state index in [0.29, 0.717) is 24.1 Å². The summed E-state index contributed by atoms with van der Waals surface area (Å²) < 4.78 is 7.14. The summed E-state index contributed by atoms with van der Waals surface area (Å²) in [5, 5.41) is 14.3. The van der Waals surface area contributed by atoms with E-state index in [9.17, 15) is 9.90 Å². The SMILES string of the molecule is CC(C)Cc1cc(C(=O)N2C[C@@H](CN3CCOCC3)C[C@H](CO)C2)n(C)n1. The van der Waals surface area contributed by atoms with Crippen molar-refractivity contribution >= 4 is 5.91 Å². The molecule has 0 aromatic carbocycles. The van der Waals surface area contributed by atoms with Gasteiger partial charge in [-0.1, -0.05) is 13.8 Å². The minimum absolute atomic E-state index is 0.0325. The lowest BCUT2D eigenvalue weighted by atomic mass is 9.89. The molecule has 2 saturated heterocycles. The van der Waals surface area contributed by atoms with Gasteiger partial charge in [-0.05, 0) is 36.7 Å². The number of morpholine rings is 1. The van der Waals surface area contributed by atoms with Gasteiger partial charge in [0.1, 0.15) is 5.69 Å². The number of amides is 1. The highest BCUT2D eigenvalue weighted by Gasteiger charge is 2.32. The van der Waals surface area contributed by atoms with Crippen LogP contribution in [0, 0.1) is 17.8 Å². The standard InChI is InChI=1S/C20H34N4O3/c1-15(2)8-18-10-19(22(3)21-18)20(26)24-12-16(9-17(13-24)14-25)11-23-4-6-27-7-5-23/h10,15-17,25H,4-9,11-14H2,1-3H3/t16-,17+/m1/s1. The van der Waals surface area contributed by atoms with Crippen molar-refractivity contribution in [1.82, 2.24) is 19.6 Å². The van der Waals surface area contributed by atoms with Gasteiger partial charge in [-0.2, -0.15) is 5.10 Å². The summed E-state index contributed by atoms with van der Waals surface area (Å²) in [6, 6.07) is 1.93. The number of aliphatic hydroxyl groups is 1. The first-order chi connectivity index (χ1) is 13.0. The molecule has 0 aliphatic carbocycles. The van der Waals surface area contributed by atoms with Gasteiger partial charge in [0, 0.05) is 46.4 Å². The lowest BCUT2D eigenvalue weighted by molar-refractivity contribution is 0.0128. The summed E-state index contributed by atoms with van der Waals surface area (Å²) in [6.07, 6.45) is 1.85. The van der Waals surface area contributed by atoms with Crippen LogP contribution in [0.25, 0.3) is 0 Å². The molecule has 1 amide bonds. The van der Waals surface area contributed by atoms with E-state index in [4.69, 9.17) is 4.74 Å². The Labute approximate surface area is 162 Å². The normalized spacial score (nSPS) is 24.6. The van der Waals surface area contributed by atoms with E-state index in [0.717, 1.165) is 57.9 Å². The molecule has 0 saturated carbocycles. The van der Waals surface area contributed by atoms with E-state index in [1.54, 1.807) is 4.68 Å². The second-order valence-electron chi connectivity index (χ2n) is 8.52. The molecule has 2 fully saturated rings. The van der Waals surface area contributed by atoms with Gasteiger partial charge in [-0.25, -0.2) is 0 Å². The Hall–Kier alpha value is -1.44. The summed E-state index contributed by atoms with van der Waals surface area (Å²) >= 11 is 0. The molecule has 27 heavy (non-hydrogen) atoms. The van der Waals surface area contributed by atoms with Crippen LogP contribution in [0.15, 0.2) is 6.07 Å². The molecule has 0 spiro atoms. The molecule has 152 valence electrons. The van der Waals surface area contributed by atoms with Gasteiger partial charge >= 0.3 is 0 Å². The summed E-state index contributed by atoms with van der Waals surface area (Å²) in [5.41, 5.74) is 1.62. The van der Waals surface area contributed by atoms with Crippen molar-refractivity contribution in [3.63, 3.8) is 0 Å². The van der Waals surface area contributed by atoms with Crippen LogP contribution in [0.5, 0.6) is 0 Å². The zero-order chi connectivity index (χ0) is 19.4. The number of hydrogen-bond donors (Lipinski definition) is 1. The summed E-state index contributed by atoms with van der Waals surface area (Å²) in [7, 11) is 1.84. The molecule has 2 atom stereocenters. The second kappa shape index (κ2) is 9.17. The van der Waals surface area contributed by atoms with Crippen molar-refractivity contribution in [3.8, 4) is 0 Å². The van der Waals surface area contributed by atoms with Crippen LogP contribution in [-0.4, -0.2) is 83.1 Å². The molecule has 1 N–H and O–H groups in total. The molecule has 2 aliphatic heterocycles. The number of aliphatic hydroxyl groups excluding tert-OH is 1. The third-order valence-corrected chi connectivity index (χ3v) is 5.56. The maximum absolute atomic E-state index is 13.2. The molecular formula is C20H34N4O3. The Bertz CT molecular complexity index is 625. The Kier molecular flexibility index (Phi) is 6.89. The van der Waals surface area contributed by atoms with E-state index in [1.165, 1.54) is 0 Å². The van der Waals surface area contributed by atoms with Gasteiger partial charge in [0.2, 0.25) is 0 Å². The van der Waals surface area contributed by atoms with Gasteiger partial charge in [-0.15, -0.1) is 0 Å². The third-order valence-electron chi connectivity index (χ3n) is 5.56. The summed E-state index contributed by atoms with van der Waals surface area (Å²) in [5.74, 6) is 1.08. The number of piperidine rings is 1. The molecule has 0 radical (unpaired) electrons. The second-order valence-corrected chi connectivity index (χ2v) is 8.52. The average Bonchev–Trinajstić information content (AvgIpc) is 3.01. The Morgan fingerprint density at radius 2 is 2.00 bits per heavy atom. The van der Waals surface area contributed by atoms with Gasteiger partial charge < -0.3 is 14.7 Å². The molecule has 3 rings (SSSR count). The van der Waals surface area contributed by atoms with E-state index >= 15 is 0 Å². The van der Waals surface area contributed by atoms with E-state index < -0.39 is 0 Å². The van der Waals surface area contributed by atoms with Crippen molar-refractivity contribution in [2.24, 2.45) is 24.8 Å². The largest absolute Gasteiger partial charge is 0.396 e. The van der Waals surface area contributed by atoms with Crippen LogP contribution in [-0.2, 0) is 18.2 Å². The van der Waals surface area contributed by atoms with Gasteiger partial charge in [0.25, 0.3) is 5.91 Å². The van der Waals surface area contributed by atoms with Crippen LogP contribution in [0.2, 0.25) is 0 Å². The fourth-order valence-corrected chi connectivity index (χ4v) is 4.30. The number of likely N-dealkylation sites (tertiary alicyclic amines) is 1. The predicted molar refractivity (Wildman–Crippen MR) is 104 cm³/mol. The molecule has 1 aromatic rings. The van der Waals surface area contributed by atoms with Crippen molar-refractivity contribution in [1.29, 1.82) is 0 Å². The van der Waals surface area contributed by atoms with Crippen LogP contribution in [0.3, 0.4) is 0 Å². The van der Waals surface area contributed by atoms with Crippen LogP contribution in [0.4, 0.5) is 0 Å². The smallest absolute Gasteiger partial charge is 0.272 e. The topological polar surface area (TPSA) is 70.8 Å². The first-order valence-corrected chi connectivity index (χ1v) is 10.2. The highest BCUT2D eigenvalue weighted by Crippen LogP contribution is 2.25. The number of nitrogens with zero attached hydrogens (tertiary/aromatic N) is 4. The fraction of sp³-hybridized carbons (Fsp3) is 0.800. The first-order valence-electron chi connectivity index (χ1n) is 10.2. The number of carbonyl (C=O) groups is 1. The Morgan fingerprint density at radius 3 is 2.67 bits per heavy atom. The van der Waals surface area contributed by atoms with Crippen molar-refractivity contribution in [2.75, 3.05) is 52.5 Å². The van der Waals surface area contributed by atoms with Gasteiger partial charge in [-0.3, -0.25) is 14.4 Å². The lowest BCUT2D eigenvalue weighted by Crippen LogP contribution is -2.49. The Balaban J connectivity index is 1.68. The molecule has 7 nitrogen and oxygen atoms in total. The zero-order valence-electron chi connectivity index (χ0n) is 16.9. The molecular weight excluding hydrogens is 344 g/mol. The average molecular weight is 379 g/mol. The molecule has 0 bridgehead atoms. The third kappa shape index (κ3) is 5.30. The first kappa shape index (κ1) is 20.3. The van der Waals surface area contributed by atoms with E-state index in [1.807, 2.05) is 18.0 Å². The van der Waals surface area contributed by atoms with Crippen LogP contribution < -0.4 is 0 Å². The monoisotopic (exact) mass is 378 g/mol. The number of aromatic nitrogens is 2. The lowest BCUT2D eigenvalue weighted by Gasteiger charge is -2.39. The molecule has 3 heterocycles. The quantitative estimate of drug-likeness (QED) is 0.800. The maximum Gasteiger partial charge on any atom is 0.272 e. The molecule has 1 aromatic heterocycles. The number of ether oxygens (including phenoxy) is 1. The van der Waals surface area contributed by atoms with E-state index in [2.05, 4.69) is 23.8 Å². The summed E-state index contributed by atoms with van der Waals surface area (Å²) in [4.78, 5) is 17.5. The van der Waals surface area contributed by atoms with E-state index in [-0.39, 0.29) is 18.4 Å². The minimum Gasteiger partial charge on any atom is -0.396 e. The van der Waals surface area contributed by atoms with Crippen LogP contribution >= 0.6 is 0 Å². The molecule has 2 aliphatic rings. The highest BCUT2D eigenvalue weighted by molar-refractivity contribution is 5.92. The summed E-state index contributed by atoms with van der Waals surface area (Å²) in [6.45, 7) is 10.3. The predicted octanol–water partition coefficient (Wildman–Crippen LogP) is 1.02. The number of rotatable bonds is 6.